The van der Waals surface area contributed by atoms with Crippen LogP contribution in [0.2, 0.25) is 0 Å². The lowest BCUT2D eigenvalue weighted by molar-refractivity contribution is 0.0661. The molecule has 1 heterocycles. The third-order valence-electron chi connectivity index (χ3n) is 2.62. The Kier molecular flexibility index (Phi) is 3.47. The van der Waals surface area contributed by atoms with Gasteiger partial charge in [0.1, 0.15) is 0 Å². The van der Waals surface area contributed by atoms with Crippen molar-refractivity contribution in [2.75, 3.05) is 0 Å². The van der Waals surface area contributed by atoms with Crippen LogP contribution in [0, 0.1) is 0 Å². The van der Waals surface area contributed by atoms with E-state index in [1.54, 1.807) is 38.1 Å². The predicted octanol–water partition coefficient (Wildman–Crippen LogP) is 3.03. The van der Waals surface area contributed by atoms with E-state index in [4.69, 9.17) is 9.52 Å². The highest BCUT2D eigenvalue weighted by atomic mass is 79.9. The molecule has 2 N–H and O–H groups in total. The molecule has 5 nitrogen and oxygen atoms in total. The molecule has 1 aromatic heterocycles. The molecule has 1 aromatic carbocycles. The molecule has 0 fully saturated rings. The van der Waals surface area contributed by atoms with Gasteiger partial charge >= 0.3 is 5.97 Å². The fourth-order valence-corrected chi connectivity index (χ4v) is 1.99. The smallest absolute Gasteiger partial charge is 0.374 e. The number of aromatic nitrogens is 1. The Bertz CT molecular complexity index is 611. The summed E-state index contributed by atoms with van der Waals surface area (Å²) in [6, 6.07) is 6.93. The molecule has 100 valence electrons. The molecule has 6 heteroatoms. The highest BCUT2D eigenvalue weighted by Gasteiger charge is 2.19. The van der Waals surface area contributed by atoms with Gasteiger partial charge in [-0.2, -0.15) is 0 Å². The SMILES string of the molecule is CC(C)(O)c1ccc(-c2nc(Br)c(C(=O)O)o2)cc1. The Morgan fingerprint density at radius 1 is 1.32 bits per heavy atom. The second kappa shape index (κ2) is 4.79. The van der Waals surface area contributed by atoms with Crippen molar-refractivity contribution in [2.24, 2.45) is 0 Å². The molecule has 0 radical (unpaired) electrons. The first-order valence-electron chi connectivity index (χ1n) is 5.52. The van der Waals surface area contributed by atoms with Crippen molar-refractivity contribution in [1.29, 1.82) is 0 Å². The van der Waals surface area contributed by atoms with E-state index >= 15 is 0 Å². The van der Waals surface area contributed by atoms with Gasteiger partial charge in [-0.25, -0.2) is 9.78 Å². The summed E-state index contributed by atoms with van der Waals surface area (Å²) in [5.41, 5.74) is 0.462. The molecular formula is C13H12BrNO4. The summed E-state index contributed by atoms with van der Waals surface area (Å²) in [5.74, 6) is -1.20. The van der Waals surface area contributed by atoms with Gasteiger partial charge in [0.05, 0.1) is 5.60 Å². The molecule has 19 heavy (non-hydrogen) atoms. The predicted molar refractivity (Wildman–Crippen MR) is 71.8 cm³/mol. The molecular weight excluding hydrogens is 314 g/mol. The highest BCUT2D eigenvalue weighted by Crippen LogP contribution is 2.27. The number of rotatable bonds is 3. The van der Waals surface area contributed by atoms with Crippen molar-refractivity contribution in [1.82, 2.24) is 4.98 Å². The van der Waals surface area contributed by atoms with Crippen LogP contribution in [0.15, 0.2) is 33.3 Å². The lowest BCUT2D eigenvalue weighted by Crippen LogP contribution is -2.14. The minimum Gasteiger partial charge on any atom is -0.475 e. The molecule has 0 unspecified atom stereocenters. The number of hydrogen-bond acceptors (Lipinski definition) is 4. The summed E-state index contributed by atoms with van der Waals surface area (Å²) < 4.78 is 5.32. The van der Waals surface area contributed by atoms with E-state index in [-0.39, 0.29) is 16.3 Å². The molecule has 2 aromatic rings. The summed E-state index contributed by atoms with van der Waals surface area (Å²) in [6.45, 7) is 3.37. The van der Waals surface area contributed by atoms with E-state index in [1.807, 2.05) is 0 Å². The van der Waals surface area contributed by atoms with Gasteiger partial charge in [0.2, 0.25) is 11.7 Å². The van der Waals surface area contributed by atoms with E-state index in [9.17, 15) is 9.90 Å². The van der Waals surface area contributed by atoms with Gasteiger partial charge in [0, 0.05) is 5.56 Å². The third kappa shape index (κ3) is 2.85. The van der Waals surface area contributed by atoms with Crippen LogP contribution >= 0.6 is 15.9 Å². The first-order valence-corrected chi connectivity index (χ1v) is 6.31. The maximum Gasteiger partial charge on any atom is 0.374 e. The number of benzene rings is 1. The van der Waals surface area contributed by atoms with E-state index in [0.717, 1.165) is 5.56 Å². The summed E-state index contributed by atoms with van der Waals surface area (Å²) in [4.78, 5) is 14.9. The molecule has 0 amide bonds. The van der Waals surface area contributed by atoms with Crippen molar-refractivity contribution in [3.05, 3.63) is 40.2 Å². The Morgan fingerprint density at radius 3 is 2.32 bits per heavy atom. The van der Waals surface area contributed by atoms with Gasteiger partial charge in [-0.15, -0.1) is 0 Å². The van der Waals surface area contributed by atoms with Gasteiger partial charge in [0.25, 0.3) is 0 Å². The summed E-state index contributed by atoms with van der Waals surface area (Å²) >= 11 is 3.04. The molecule has 0 aliphatic rings. The monoisotopic (exact) mass is 325 g/mol. The summed E-state index contributed by atoms with van der Waals surface area (Å²) in [7, 11) is 0. The molecule has 0 saturated carbocycles. The van der Waals surface area contributed by atoms with Gasteiger partial charge in [0.15, 0.2) is 4.60 Å². The largest absolute Gasteiger partial charge is 0.475 e. The third-order valence-corrected chi connectivity index (χ3v) is 3.16. The van der Waals surface area contributed by atoms with E-state index in [0.29, 0.717) is 5.56 Å². The molecule has 0 saturated heterocycles. The maximum atomic E-state index is 10.9. The van der Waals surface area contributed by atoms with Crippen LogP contribution in [0.3, 0.4) is 0 Å². The average Bonchev–Trinajstić information content (AvgIpc) is 2.70. The first kappa shape index (κ1) is 13.8. The van der Waals surface area contributed by atoms with Crippen LogP contribution in [0.4, 0.5) is 0 Å². The molecule has 0 bridgehead atoms. The number of carbonyl (C=O) groups is 1. The number of hydrogen-bond donors (Lipinski definition) is 2. The molecule has 0 aliphatic heterocycles. The number of carboxylic acid groups (broad SMARTS) is 1. The molecule has 2 rings (SSSR count). The zero-order valence-corrected chi connectivity index (χ0v) is 11.9. The number of aromatic carboxylic acids is 1. The lowest BCUT2D eigenvalue weighted by atomic mass is 9.97. The van der Waals surface area contributed by atoms with E-state index in [2.05, 4.69) is 20.9 Å². The van der Waals surface area contributed by atoms with Gasteiger partial charge < -0.3 is 14.6 Å². The highest BCUT2D eigenvalue weighted by molar-refractivity contribution is 9.10. The Hall–Kier alpha value is -1.66. The summed E-state index contributed by atoms with van der Waals surface area (Å²) in [6.07, 6.45) is 0. The van der Waals surface area contributed by atoms with Gasteiger partial charge in [-0.3, -0.25) is 0 Å². The minimum absolute atomic E-state index is 0.154. The van der Waals surface area contributed by atoms with Gasteiger partial charge in [-0.1, -0.05) is 12.1 Å². The molecule has 0 atom stereocenters. The number of nitrogens with zero attached hydrogens (tertiary/aromatic N) is 1. The van der Waals surface area contributed by atoms with Crippen LogP contribution in [0.5, 0.6) is 0 Å². The van der Waals surface area contributed by atoms with Crippen LogP contribution in [0.1, 0.15) is 30.0 Å². The van der Waals surface area contributed by atoms with Crippen molar-refractivity contribution in [2.45, 2.75) is 19.4 Å². The van der Waals surface area contributed by atoms with Crippen LogP contribution < -0.4 is 0 Å². The lowest BCUT2D eigenvalue weighted by Gasteiger charge is -2.17. The van der Waals surface area contributed by atoms with Gasteiger partial charge in [-0.05, 0) is 47.5 Å². The molecule has 0 spiro atoms. The van der Waals surface area contributed by atoms with Crippen molar-refractivity contribution in [3.8, 4) is 11.5 Å². The maximum absolute atomic E-state index is 10.9. The normalized spacial score (nSPS) is 11.6. The Balaban J connectivity index is 2.38. The summed E-state index contributed by atoms with van der Waals surface area (Å²) in [5, 5.41) is 18.7. The fourth-order valence-electron chi connectivity index (χ4n) is 1.58. The Morgan fingerprint density at radius 2 is 1.89 bits per heavy atom. The standard InChI is InChI=1S/C13H12BrNO4/c1-13(2,18)8-5-3-7(4-6-8)11-15-10(14)9(19-11)12(16)17/h3-6,18H,1-2H3,(H,16,17). The van der Waals surface area contributed by atoms with Crippen LogP contribution in [-0.4, -0.2) is 21.2 Å². The number of oxazole rings is 1. The van der Waals surface area contributed by atoms with Crippen molar-refractivity contribution >= 4 is 21.9 Å². The second-order valence-electron chi connectivity index (χ2n) is 4.58. The van der Waals surface area contributed by atoms with Crippen molar-refractivity contribution in [3.63, 3.8) is 0 Å². The average molecular weight is 326 g/mol. The minimum atomic E-state index is -1.18. The van der Waals surface area contributed by atoms with E-state index in [1.165, 1.54) is 0 Å². The zero-order valence-electron chi connectivity index (χ0n) is 10.3. The zero-order chi connectivity index (χ0) is 14.2. The number of carboxylic acids is 1. The second-order valence-corrected chi connectivity index (χ2v) is 5.33. The van der Waals surface area contributed by atoms with Crippen molar-refractivity contribution < 1.29 is 19.4 Å². The Labute approximate surface area is 118 Å². The van der Waals surface area contributed by atoms with Crippen LogP contribution in [0.25, 0.3) is 11.5 Å². The first-order chi connectivity index (χ1) is 8.79. The quantitative estimate of drug-likeness (QED) is 0.906. The number of halogens is 1. The molecule has 0 aliphatic carbocycles. The van der Waals surface area contributed by atoms with Crippen LogP contribution in [-0.2, 0) is 5.60 Å². The fraction of sp³-hybridized carbons (Fsp3) is 0.231. The number of aliphatic hydroxyl groups is 1. The topological polar surface area (TPSA) is 83.6 Å². The van der Waals surface area contributed by atoms with E-state index < -0.39 is 11.6 Å².